The van der Waals surface area contributed by atoms with Crippen LogP contribution >= 0.6 is 11.3 Å². The molecular formula is C11H17N3OS. The van der Waals surface area contributed by atoms with E-state index in [1.54, 1.807) is 5.38 Å². The zero-order chi connectivity index (χ0) is 11.7. The predicted molar refractivity (Wildman–Crippen MR) is 65.4 cm³/mol. The molecule has 0 saturated carbocycles. The van der Waals surface area contributed by atoms with E-state index in [0.29, 0.717) is 22.7 Å². The summed E-state index contributed by atoms with van der Waals surface area (Å²) in [6.45, 7) is 6.04. The average molecular weight is 239 g/mol. The van der Waals surface area contributed by atoms with E-state index in [0.717, 1.165) is 13.1 Å². The Hall–Kier alpha value is -1.10. The van der Waals surface area contributed by atoms with Crippen molar-refractivity contribution in [1.82, 2.24) is 9.88 Å². The molecule has 2 heterocycles. The molecule has 1 aromatic heterocycles. The summed E-state index contributed by atoms with van der Waals surface area (Å²) in [4.78, 5) is 18.1. The van der Waals surface area contributed by atoms with Crippen LogP contribution in [0, 0.1) is 11.8 Å². The van der Waals surface area contributed by atoms with Gasteiger partial charge in [0.2, 0.25) is 0 Å². The van der Waals surface area contributed by atoms with Crippen molar-refractivity contribution in [1.29, 1.82) is 0 Å². The number of nitrogen functional groups attached to an aromatic ring is 1. The fraction of sp³-hybridized carbons (Fsp3) is 0.636. The highest BCUT2D eigenvalue weighted by Gasteiger charge is 2.27. The van der Waals surface area contributed by atoms with Crippen molar-refractivity contribution >= 4 is 22.4 Å². The number of aromatic nitrogens is 1. The first-order chi connectivity index (χ1) is 7.56. The quantitative estimate of drug-likeness (QED) is 0.813. The Morgan fingerprint density at radius 1 is 1.50 bits per heavy atom. The van der Waals surface area contributed by atoms with E-state index in [-0.39, 0.29) is 5.91 Å². The molecule has 1 fully saturated rings. The average Bonchev–Trinajstić information content (AvgIpc) is 2.62. The van der Waals surface area contributed by atoms with Gasteiger partial charge in [-0.05, 0) is 18.3 Å². The molecule has 2 atom stereocenters. The molecule has 16 heavy (non-hydrogen) atoms. The molecule has 2 rings (SSSR count). The number of nitrogens with two attached hydrogens (primary N) is 1. The van der Waals surface area contributed by atoms with Gasteiger partial charge in [-0.1, -0.05) is 13.8 Å². The summed E-state index contributed by atoms with van der Waals surface area (Å²) in [6.07, 6.45) is 1.20. The summed E-state index contributed by atoms with van der Waals surface area (Å²) < 4.78 is 0. The van der Waals surface area contributed by atoms with Crippen LogP contribution in [-0.4, -0.2) is 28.9 Å². The van der Waals surface area contributed by atoms with Gasteiger partial charge in [0.25, 0.3) is 5.91 Å². The highest BCUT2D eigenvalue weighted by molar-refractivity contribution is 7.13. The summed E-state index contributed by atoms with van der Waals surface area (Å²) in [6, 6.07) is 0. The largest absolute Gasteiger partial charge is 0.375 e. The molecule has 4 nitrogen and oxygen atoms in total. The van der Waals surface area contributed by atoms with Crippen LogP contribution in [0.1, 0.15) is 30.8 Å². The van der Waals surface area contributed by atoms with Crippen LogP contribution in [-0.2, 0) is 0 Å². The Balaban J connectivity index is 2.09. The fourth-order valence-corrected chi connectivity index (χ4v) is 2.91. The van der Waals surface area contributed by atoms with Gasteiger partial charge >= 0.3 is 0 Å². The number of anilines is 1. The van der Waals surface area contributed by atoms with Crippen molar-refractivity contribution < 1.29 is 4.79 Å². The minimum absolute atomic E-state index is 0.0198. The van der Waals surface area contributed by atoms with Crippen molar-refractivity contribution in [2.45, 2.75) is 20.3 Å². The number of likely N-dealkylation sites (tertiary alicyclic amines) is 1. The van der Waals surface area contributed by atoms with E-state index in [4.69, 9.17) is 5.73 Å². The molecule has 1 amide bonds. The normalized spacial score (nSPS) is 25.8. The molecule has 0 aromatic carbocycles. The van der Waals surface area contributed by atoms with Crippen LogP contribution in [0.3, 0.4) is 0 Å². The smallest absolute Gasteiger partial charge is 0.273 e. The Bertz CT molecular complexity index is 380. The van der Waals surface area contributed by atoms with Crippen molar-refractivity contribution in [3.63, 3.8) is 0 Å². The van der Waals surface area contributed by atoms with E-state index in [1.807, 2.05) is 4.90 Å². The van der Waals surface area contributed by atoms with Crippen molar-refractivity contribution in [3.8, 4) is 0 Å². The number of hydrogen-bond donors (Lipinski definition) is 1. The van der Waals surface area contributed by atoms with E-state index in [1.165, 1.54) is 17.8 Å². The van der Waals surface area contributed by atoms with Crippen LogP contribution < -0.4 is 5.73 Å². The second kappa shape index (κ2) is 4.41. The number of rotatable bonds is 1. The predicted octanol–water partition coefficient (Wildman–Crippen LogP) is 1.84. The Labute approximate surface area is 99.5 Å². The zero-order valence-electron chi connectivity index (χ0n) is 9.64. The maximum atomic E-state index is 12.1. The number of amides is 1. The van der Waals surface area contributed by atoms with Gasteiger partial charge in [0, 0.05) is 18.5 Å². The van der Waals surface area contributed by atoms with Crippen LogP contribution in [0.5, 0.6) is 0 Å². The summed E-state index contributed by atoms with van der Waals surface area (Å²) in [7, 11) is 0. The lowest BCUT2D eigenvalue weighted by atomic mass is 9.92. The van der Waals surface area contributed by atoms with Crippen LogP contribution in [0.25, 0.3) is 0 Å². The first-order valence-electron chi connectivity index (χ1n) is 5.56. The first-order valence-corrected chi connectivity index (χ1v) is 6.44. The lowest BCUT2D eigenvalue weighted by Crippen LogP contribution is -2.42. The first kappa shape index (κ1) is 11.4. The highest BCUT2D eigenvalue weighted by Crippen LogP contribution is 2.23. The van der Waals surface area contributed by atoms with Gasteiger partial charge in [0.15, 0.2) is 5.13 Å². The summed E-state index contributed by atoms with van der Waals surface area (Å²) in [5.74, 6) is 1.17. The maximum absolute atomic E-state index is 12.1. The van der Waals surface area contributed by atoms with E-state index in [9.17, 15) is 4.79 Å². The molecule has 0 bridgehead atoms. The van der Waals surface area contributed by atoms with Gasteiger partial charge in [0.05, 0.1) is 0 Å². The summed E-state index contributed by atoms with van der Waals surface area (Å²) in [5.41, 5.74) is 6.03. The van der Waals surface area contributed by atoms with Crippen molar-refractivity contribution in [2.24, 2.45) is 11.8 Å². The molecular weight excluding hydrogens is 222 g/mol. The van der Waals surface area contributed by atoms with E-state index in [2.05, 4.69) is 18.8 Å². The van der Waals surface area contributed by atoms with Gasteiger partial charge < -0.3 is 10.6 Å². The number of hydrogen-bond acceptors (Lipinski definition) is 4. The van der Waals surface area contributed by atoms with Crippen molar-refractivity contribution in [2.75, 3.05) is 18.8 Å². The van der Waals surface area contributed by atoms with Gasteiger partial charge in [-0.25, -0.2) is 4.98 Å². The standard InChI is InChI=1S/C11H17N3OS/c1-7-3-8(2)5-14(4-7)10(15)9-6-16-11(12)13-9/h6-8H,3-5H2,1-2H3,(H2,12,13). The summed E-state index contributed by atoms with van der Waals surface area (Å²) in [5, 5.41) is 2.20. The Morgan fingerprint density at radius 2 is 2.12 bits per heavy atom. The molecule has 88 valence electrons. The molecule has 5 heteroatoms. The lowest BCUT2D eigenvalue weighted by Gasteiger charge is -2.34. The molecule has 2 unspecified atom stereocenters. The molecule has 1 saturated heterocycles. The minimum Gasteiger partial charge on any atom is -0.375 e. The Kier molecular flexibility index (Phi) is 3.14. The second-order valence-corrected chi connectivity index (χ2v) is 5.62. The van der Waals surface area contributed by atoms with Gasteiger partial charge in [0.1, 0.15) is 5.69 Å². The number of nitrogens with zero attached hydrogens (tertiary/aromatic N) is 2. The molecule has 0 radical (unpaired) electrons. The molecule has 0 aliphatic carbocycles. The van der Waals surface area contributed by atoms with E-state index >= 15 is 0 Å². The monoisotopic (exact) mass is 239 g/mol. The maximum Gasteiger partial charge on any atom is 0.273 e. The zero-order valence-corrected chi connectivity index (χ0v) is 10.5. The molecule has 2 N–H and O–H groups in total. The lowest BCUT2D eigenvalue weighted by molar-refractivity contribution is 0.0618. The minimum atomic E-state index is 0.0198. The Morgan fingerprint density at radius 3 is 2.62 bits per heavy atom. The molecule has 1 aliphatic rings. The second-order valence-electron chi connectivity index (χ2n) is 4.73. The topological polar surface area (TPSA) is 59.2 Å². The third-order valence-corrected chi connectivity index (χ3v) is 3.57. The SMILES string of the molecule is CC1CC(C)CN(C(=O)c2csc(N)n2)C1. The van der Waals surface area contributed by atoms with Crippen molar-refractivity contribution in [3.05, 3.63) is 11.1 Å². The van der Waals surface area contributed by atoms with E-state index < -0.39 is 0 Å². The van der Waals surface area contributed by atoms with Crippen LogP contribution in [0.2, 0.25) is 0 Å². The number of carbonyl (C=O) groups is 1. The molecule has 0 spiro atoms. The van der Waals surface area contributed by atoms with Crippen LogP contribution in [0.15, 0.2) is 5.38 Å². The highest BCUT2D eigenvalue weighted by atomic mass is 32.1. The fourth-order valence-electron chi connectivity index (χ4n) is 2.38. The molecule has 1 aromatic rings. The third kappa shape index (κ3) is 2.35. The number of piperidine rings is 1. The molecule has 1 aliphatic heterocycles. The van der Waals surface area contributed by atoms with Gasteiger partial charge in [-0.15, -0.1) is 11.3 Å². The third-order valence-electron chi connectivity index (χ3n) is 2.90. The van der Waals surface area contributed by atoms with Gasteiger partial charge in [-0.3, -0.25) is 4.79 Å². The number of thiazole rings is 1. The van der Waals surface area contributed by atoms with Crippen LogP contribution in [0.4, 0.5) is 5.13 Å². The number of carbonyl (C=O) groups excluding carboxylic acids is 1. The van der Waals surface area contributed by atoms with Gasteiger partial charge in [-0.2, -0.15) is 0 Å². The summed E-state index contributed by atoms with van der Waals surface area (Å²) >= 11 is 1.32.